The minimum Gasteiger partial charge on any atom is -0.369 e. The molecule has 1 aliphatic carbocycles. The smallest absolute Gasteiger partial charge is 0.369 e. The van der Waals surface area contributed by atoms with Gasteiger partial charge in [-0.15, -0.1) is 4.57 Å². The number of aliphatic imine (C=N–C) groups is 1. The van der Waals surface area contributed by atoms with Crippen molar-refractivity contribution in [3.8, 4) is 0 Å². The van der Waals surface area contributed by atoms with Crippen molar-refractivity contribution in [2.45, 2.75) is 32.2 Å². The summed E-state index contributed by atoms with van der Waals surface area (Å²) in [6.07, 6.45) is 6.13. The van der Waals surface area contributed by atoms with Gasteiger partial charge in [-0.2, -0.15) is 4.98 Å². The monoisotopic (exact) mass is 329 g/mol. The molecule has 3 rings (SSSR count). The summed E-state index contributed by atoms with van der Waals surface area (Å²) in [6, 6.07) is 0. The van der Waals surface area contributed by atoms with Crippen LogP contribution < -0.4 is 15.9 Å². The topological polar surface area (TPSA) is 135 Å². The van der Waals surface area contributed by atoms with Crippen molar-refractivity contribution in [3.05, 3.63) is 22.2 Å². The number of aromatic amines is 1. The standard InChI is InChI=1S/C15H16N6O3/c16-15-19-13-12(14(24)20-15)21(8-23)11(6-18-13)5-17-10-3-1-9(7-22)2-4-10/h6-9H,1-5H2,(H2-,16,18,19,20,24)/p+1. The highest BCUT2D eigenvalue weighted by atomic mass is 16.1. The van der Waals surface area contributed by atoms with E-state index in [9.17, 15) is 14.4 Å². The SMILES string of the molecule is Nc1nc2ncc(CN=C3CCC(C=O)CC3)[n+](C=O)c2c(=O)[nH]1. The number of rotatable bonds is 4. The maximum absolute atomic E-state index is 12.0. The Morgan fingerprint density at radius 3 is 2.79 bits per heavy atom. The summed E-state index contributed by atoms with van der Waals surface area (Å²) in [6.45, 7) is 0.229. The molecule has 0 aromatic carbocycles. The summed E-state index contributed by atoms with van der Waals surface area (Å²) in [5.41, 5.74) is 6.59. The molecule has 24 heavy (non-hydrogen) atoms. The third-order valence-electron chi connectivity index (χ3n) is 4.15. The lowest BCUT2D eigenvalue weighted by Crippen LogP contribution is -2.43. The molecule has 2 heterocycles. The van der Waals surface area contributed by atoms with Crippen LogP contribution in [0.4, 0.5) is 5.95 Å². The molecular formula is C15H17N6O3+. The van der Waals surface area contributed by atoms with E-state index in [2.05, 4.69) is 19.9 Å². The van der Waals surface area contributed by atoms with Crippen molar-refractivity contribution >= 4 is 35.5 Å². The van der Waals surface area contributed by atoms with Crippen molar-refractivity contribution in [1.29, 1.82) is 0 Å². The Balaban J connectivity index is 1.92. The zero-order chi connectivity index (χ0) is 17.1. The molecule has 0 spiro atoms. The maximum Gasteiger partial charge on any atom is 0.381 e. The van der Waals surface area contributed by atoms with Crippen molar-refractivity contribution in [3.63, 3.8) is 0 Å². The highest BCUT2D eigenvalue weighted by molar-refractivity contribution is 5.86. The normalized spacial score (nSPS) is 17.7. The molecule has 0 amide bonds. The first-order valence-corrected chi connectivity index (χ1v) is 7.64. The van der Waals surface area contributed by atoms with Crippen LogP contribution in [-0.2, 0) is 16.1 Å². The molecule has 2 aromatic rings. The molecule has 3 N–H and O–H groups in total. The number of nitrogens with one attached hydrogen (secondary N) is 1. The molecule has 1 aliphatic rings. The lowest BCUT2D eigenvalue weighted by Gasteiger charge is -2.17. The van der Waals surface area contributed by atoms with Crippen LogP contribution in [0.3, 0.4) is 0 Å². The Labute approximate surface area is 136 Å². The predicted molar refractivity (Wildman–Crippen MR) is 86.1 cm³/mol. The fourth-order valence-corrected chi connectivity index (χ4v) is 2.82. The van der Waals surface area contributed by atoms with Gasteiger partial charge in [0.25, 0.3) is 0 Å². The van der Waals surface area contributed by atoms with Crippen molar-refractivity contribution in [2.75, 3.05) is 5.73 Å². The molecule has 0 radical (unpaired) electrons. The number of nitrogen functional groups attached to an aromatic ring is 1. The number of aldehydes is 1. The summed E-state index contributed by atoms with van der Waals surface area (Å²) in [5, 5.41) is 0. The molecule has 0 bridgehead atoms. The lowest BCUT2D eigenvalue weighted by molar-refractivity contribution is -0.534. The number of carbonyl (C=O) groups is 2. The molecule has 9 nitrogen and oxygen atoms in total. The molecule has 1 saturated carbocycles. The zero-order valence-corrected chi connectivity index (χ0v) is 12.9. The van der Waals surface area contributed by atoms with E-state index in [1.54, 1.807) is 0 Å². The zero-order valence-electron chi connectivity index (χ0n) is 12.9. The third kappa shape index (κ3) is 3.05. The number of hydrogen-bond acceptors (Lipinski definition) is 7. The van der Waals surface area contributed by atoms with E-state index in [1.807, 2.05) is 0 Å². The second-order valence-electron chi connectivity index (χ2n) is 5.70. The summed E-state index contributed by atoms with van der Waals surface area (Å²) in [4.78, 5) is 49.1. The van der Waals surface area contributed by atoms with E-state index >= 15 is 0 Å². The molecule has 9 heteroatoms. The number of hydrogen-bond donors (Lipinski definition) is 2. The van der Waals surface area contributed by atoms with Crippen LogP contribution in [0.25, 0.3) is 11.2 Å². The summed E-state index contributed by atoms with van der Waals surface area (Å²) < 4.78 is 1.19. The van der Waals surface area contributed by atoms with Gasteiger partial charge < -0.3 is 10.5 Å². The summed E-state index contributed by atoms with van der Waals surface area (Å²) >= 11 is 0. The lowest BCUT2D eigenvalue weighted by atomic mass is 9.89. The number of anilines is 1. The van der Waals surface area contributed by atoms with E-state index in [4.69, 9.17) is 5.73 Å². The Bertz CT molecular complexity index is 879. The molecular weight excluding hydrogens is 312 g/mol. The maximum atomic E-state index is 12.0. The molecule has 0 aliphatic heterocycles. The average Bonchev–Trinajstić information content (AvgIpc) is 2.59. The van der Waals surface area contributed by atoms with E-state index in [0.717, 1.165) is 37.7 Å². The van der Waals surface area contributed by atoms with Gasteiger partial charge in [-0.3, -0.25) is 14.8 Å². The summed E-state index contributed by atoms with van der Waals surface area (Å²) in [5.74, 6) is 0.0543. The van der Waals surface area contributed by atoms with Gasteiger partial charge in [-0.1, -0.05) is 0 Å². The highest BCUT2D eigenvalue weighted by Crippen LogP contribution is 2.20. The molecule has 0 atom stereocenters. The van der Waals surface area contributed by atoms with E-state index in [0.29, 0.717) is 12.1 Å². The molecule has 0 saturated heterocycles. The van der Waals surface area contributed by atoms with Gasteiger partial charge in [0.2, 0.25) is 17.3 Å². The predicted octanol–water partition coefficient (Wildman–Crippen LogP) is -0.444. The number of nitrogens with zero attached hydrogens (tertiary/aromatic N) is 4. The van der Waals surface area contributed by atoms with Crippen molar-refractivity contribution in [2.24, 2.45) is 10.9 Å². The molecule has 2 aromatic heterocycles. The average molecular weight is 329 g/mol. The van der Waals surface area contributed by atoms with Crippen LogP contribution in [0.15, 0.2) is 16.0 Å². The van der Waals surface area contributed by atoms with E-state index in [1.165, 1.54) is 10.8 Å². The first-order valence-electron chi connectivity index (χ1n) is 7.64. The number of nitrogens with two attached hydrogens (primary N) is 1. The first kappa shape index (κ1) is 15.9. The van der Waals surface area contributed by atoms with Gasteiger partial charge in [0.15, 0.2) is 0 Å². The van der Waals surface area contributed by atoms with Gasteiger partial charge in [0, 0.05) is 11.6 Å². The fraction of sp³-hybridized carbons (Fsp3) is 0.400. The largest absolute Gasteiger partial charge is 0.381 e. The molecule has 1 fully saturated rings. The minimum absolute atomic E-state index is 0.0431. The summed E-state index contributed by atoms with van der Waals surface area (Å²) in [7, 11) is 0. The van der Waals surface area contributed by atoms with Crippen LogP contribution in [0, 0.1) is 5.92 Å². The highest BCUT2D eigenvalue weighted by Gasteiger charge is 2.22. The van der Waals surface area contributed by atoms with E-state index < -0.39 is 5.56 Å². The van der Waals surface area contributed by atoms with Crippen LogP contribution >= 0.6 is 0 Å². The molecule has 124 valence electrons. The van der Waals surface area contributed by atoms with Gasteiger partial charge in [0.1, 0.15) is 12.8 Å². The van der Waals surface area contributed by atoms with Gasteiger partial charge in [-0.25, -0.2) is 9.78 Å². The van der Waals surface area contributed by atoms with Crippen LogP contribution in [0.5, 0.6) is 0 Å². The quantitative estimate of drug-likeness (QED) is 0.576. The van der Waals surface area contributed by atoms with Gasteiger partial charge in [-0.05, 0) is 25.7 Å². The minimum atomic E-state index is -0.530. The Kier molecular flexibility index (Phi) is 4.41. The van der Waals surface area contributed by atoms with E-state index in [-0.39, 0.29) is 29.6 Å². The van der Waals surface area contributed by atoms with Gasteiger partial charge >= 0.3 is 17.5 Å². The van der Waals surface area contributed by atoms with Crippen molar-refractivity contribution < 1.29 is 14.2 Å². The second kappa shape index (κ2) is 6.65. The van der Waals surface area contributed by atoms with Gasteiger partial charge in [0.05, 0.1) is 6.20 Å². The van der Waals surface area contributed by atoms with Crippen molar-refractivity contribution in [1.82, 2.24) is 15.0 Å². The number of aromatic nitrogens is 4. The van der Waals surface area contributed by atoms with Crippen LogP contribution in [0.1, 0.15) is 31.4 Å². The first-order chi connectivity index (χ1) is 11.6. The van der Waals surface area contributed by atoms with Crippen LogP contribution in [-0.4, -0.2) is 33.4 Å². The second-order valence-corrected chi connectivity index (χ2v) is 5.70. The fourth-order valence-electron chi connectivity index (χ4n) is 2.82. The third-order valence-corrected chi connectivity index (χ3v) is 4.15. The number of H-pyrrole nitrogens is 1. The molecule has 0 unspecified atom stereocenters. The van der Waals surface area contributed by atoms with Crippen LogP contribution in [0.2, 0.25) is 0 Å². The number of carbonyl (C=O) groups excluding carboxylic acids is 2. The Morgan fingerprint density at radius 1 is 1.38 bits per heavy atom. The Morgan fingerprint density at radius 2 is 2.12 bits per heavy atom. The Hall–Kier alpha value is -2.97. The number of fused-ring (bicyclic) bond motifs is 1.